The zero-order valence-electron chi connectivity index (χ0n) is 8.60. The summed E-state index contributed by atoms with van der Waals surface area (Å²) in [5, 5.41) is 0. The highest BCUT2D eigenvalue weighted by molar-refractivity contribution is 5.26. The Labute approximate surface area is 74.8 Å². The number of aryl methyl sites for hydroxylation is 2. The first-order chi connectivity index (χ1) is 5.41. The second kappa shape index (κ2) is 2.89. The lowest BCUT2D eigenvalue weighted by molar-refractivity contribution is 0.568. The summed E-state index contributed by atoms with van der Waals surface area (Å²) >= 11 is 0. The maximum atomic E-state index is 4.41. The summed E-state index contributed by atoms with van der Waals surface area (Å²) in [6, 6.07) is 2.18. The number of rotatable bonds is 0. The lowest BCUT2D eigenvalue weighted by atomic mass is 9.90. The van der Waals surface area contributed by atoms with E-state index < -0.39 is 0 Å². The second-order valence-electron chi connectivity index (χ2n) is 4.40. The van der Waals surface area contributed by atoms with Gasteiger partial charge in [0.2, 0.25) is 0 Å². The van der Waals surface area contributed by atoms with Gasteiger partial charge in [0.15, 0.2) is 0 Å². The van der Waals surface area contributed by atoms with Gasteiger partial charge in [-0.15, -0.1) is 0 Å². The summed E-state index contributed by atoms with van der Waals surface area (Å²) in [4.78, 5) is 4.41. The van der Waals surface area contributed by atoms with E-state index >= 15 is 0 Å². The Hall–Kier alpha value is -0.850. The van der Waals surface area contributed by atoms with Crippen molar-refractivity contribution in [3.05, 3.63) is 29.1 Å². The largest absolute Gasteiger partial charge is 0.260 e. The monoisotopic (exact) mass is 163 g/mol. The fourth-order valence-corrected chi connectivity index (χ4v) is 1.03. The fourth-order valence-electron chi connectivity index (χ4n) is 1.03. The third kappa shape index (κ3) is 1.84. The summed E-state index contributed by atoms with van der Waals surface area (Å²) in [5.74, 6) is 0. The molecule has 12 heavy (non-hydrogen) atoms. The van der Waals surface area contributed by atoms with Crippen molar-refractivity contribution >= 4 is 0 Å². The Balaban J connectivity index is 3.14. The van der Waals surface area contributed by atoms with E-state index in [-0.39, 0.29) is 5.41 Å². The van der Waals surface area contributed by atoms with Gasteiger partial charge in [-0.2, -0.15) is 0 Å². The molecule has 0 atom stereocenters. The maximum Gasteiger partial charge on any atom is 0.0459 e. The van der Waals surface area contributed by atoms with Gasteiger partial charge in [-0.25, -0.2) is 0 Å². The van der Waals surface area contributed by atoms with Gasteiger partial charge < -0.3 is 0 Å². The molecule has 1 aromatic heterocycles. The van der Waals surface area contributed by atoms with Crippen LogP contribution in [-0.4, -0.2) is 4.98 Å². The van der Waals surface area contributed by atoms with Gasteiger partial charge in [0.25, 0.3) is 0 Å². The van der Waals surface area contributed by atoms with E-state index in [9.17, 15) is 0 Å². The summed E-state index contributed by atoms with van der Waals surface area (Å²) < 4.78 is 0. The molecule has 1 rings (SSSR count). The standard InChI is InChI=1S/C11H17N/c1-8-6-10(11(3,4)5)12-7-9(8)2/h6-7H,1-5H3. The van der Waals surface area contributed by atoms with E-state index in [0.29, 0.717) is 0 Å². The van der Waals surface area contributed by atoms with E-state index in [1.165, 1.54) is 16.8 Å². The van der Waals surface area contributed by atoms with E-state index in [1.807, 2.05) is 6.20 Å². The summed E-state index contributed by atoms with van der Waals surface area (Å²) in [7, 11) is 0. The molecule has 0 fully saturated rings. The average molecular weight is 163 g/mol. The van der Waals surface area contributed by atoms with Gasteiger partial charge in [0, 0.05) is 17.3 Å². The van der Waals surface area contributed by atoms with E-state index in [0.717, 1.165) is 0 Å². The minimum atomic E-state index is 0.165. The highest BCUT2D eigenvalue weighted by atomic mass is 14.7. The van der Waals surface area contributed by atoms with Crippen LogP contribution < -0.4 is 0 Å². The van der Waals surface area contributed by atoms with Crippen LogP contribution in [0.3, 0.4) is 0 Å². The number of pyridine rings is 1. The van der Waals surface area contributed by atoms with Crippen LogP contribution in [-0.2, 0) is 5.41 Å². The molecule has 0 bridgehead atoms. The van der Waals surface area contributed by atoms with Crippen LogP contribution in [0.5, 0.6) is 0 Å². The van der Waals surface area contributed by atoms with Crippen molar-refractivity contribution < 1.29 is 0 Å². The van der Waals surface area contributed by atoms with Crippen molar-refractivity contribution in [2.75, 3.05) is 0 Å². The van der Waals surface area contributed by atoms with Crippen LogP contribution in [0.15, 0.2) is 12.3 Å². The molecule has 0 aliphatic carbocycles. The Morgan fingerprint density at radius 2 is 1.67 bits per heavy atom. The molecule has 0 spiro atoms. The molecule has 1 aromatic rings. The Bertz CT molecular complexity index is 282. The number of hydrogen-bond acceptors (Lipinski definition) is 1. The molecule has 0 unspecified atom stereocenters. The maximum absolute atomic E-state index is 4.41. The quantitative estimate of drug-likeness (QED) is 0.573. The molecule has 1 heterocycles. The highest BCUT2D eigenvalue weighted by Crippen LogP contribution is 2.21. The minimum Gasteiger partial charge on any atom is -0.260 e. The Morgan fingerprint density at radius 1 is 1.08 bits per heavy atom. The third-order valence-electron chi connectivity index (χ3n) is 2.14. The summed E-state index contributed by atoms with van der Waals surface area (Å²) in [6.45, 7) is 10.8. The average Bonchev–Trinajstić information content (AvgIpc) is 1.92. The molecule has 0 N–H and O–H groups in total. The molecule has 0 aliphatic heterocycles. The van der Waals surface area contributed by atoms with Crippen LogP contribution >= 0.6 is 0 Å². The normalized spacial score (nSPS) is 11.8. The lowest BCUT2D eigenvalue weighted by Gasteiger charge is -2.18. The van der Waals surface area contributed by atoms with Gasteiger partial charge in [0.1, 0.15) is 0 Å². The van der Waals surface area contributed by atoms with Crippen molar-refractivity contribution in [3.63, 3.8) is 0 Å². The fraction of sp³-hybridized carbons (Fsp3) is 0.545. The van der Waals surface area contributed by atoms with Crippen molar-refractivity contribution in [1.29, 1.82) is 0 Å². The molecule has 1 nitrogen and oxygen atoms in total. The van der Waals surface area contributed by atoms with E-state index in [1.54, 1.807) is 0 Å². The van der Waals surface area contributed by atoms with Gasteiger partial charge in [-0.05, 0) is 31.0 Å². The van der Waals surface area contributed by atoms with Gasteiger partial charge in [0.05, 0.1) is 0 Å². The van der Waals surface area contributed by atoms with Crippen LogP contribution in [0.25, 0.3) is 0 Å². The van der Waals surface area contributed by atoms with Gasteiger partial charge in [-0.3, -0.25) is 4.98 Å². The smallest absolute Gasteiger partial charge is 0.0459 e. The predicted octanol–water partition coefficient (Wildman–Crippen LogP) is 3.00. The van der Waals surface area contributed by atoms with Gasteiger partial charge >= 0.3 is 0 Å². The Kier molecular flexibility index (Phi) is 2.22. The third-order valence-corrected chi connectivity index (χ3v) is 2.14. The zero-order valence-corrected chi connectivity index (χ0v) is 8.60. The molecule has 0 radical (unpaired) electrons. The molecule has 0 aromatic carbocycles. The summed E-state index contributed by atoms with van der Waals surface area (Å²) in [6.07, 6.45) is 1.95. The second-order valence-corrected chi connectivity index (χ2v) is 4.40. The number of aromatic nitrogens is 1. The molecular weight excluding hydrogens is 146 g/mol. The first kappa shape index (κ1) is 9.24. The number of hydrogen-bond donors (Lipinski definition) is 0. The van der Waals surface area contributed by atoms with Crippen molar-refractivity contribution in [1.82, 2.24) is 4.98 Å². The molecular formula is C11H17N. The number of nitrogens with zero attached hydrogens (tertiary/aromatic N) is 1. The molecule has 0 aliphatic rings. The molecule has 0 amide bonds. The van der Waals surface area contributed by atoms with Crippen molar-refractivity contribution in [2.24, 2.45) is 0 Å². The minimum absolute atomic E-state index is 0.165. The lowest BCUT2D eigenvalue weighted by Crippen LogP contribution is -2.13. The SMILES string of the molecule is Cc1cnc(C(C)(C)C)cc1C. The first-order valence-electron chi connectivity index (χ1n) is 4.35. The molecule has 0 saturated carbocycles. The van der Waals surface area contributed by atoms with Crippen LogP contribution in [0.4, 0.5) is 0 Å². The van der Waals surface area contributed by atoms with Crippen molar-refractivity contribution in [3.8, 4) is 0 Å². The van der Waals surface area contributed by atoms with E-state index in [2.05, 4.69) is 45.7 Å². The zero-order chi connectivity index (χ0) is 9.35. The molecule has 66 valence electrons. The molecule has 0 saturated heterocycles. The van der Waals surface area contributed by atoms with E-state index in [4.69, 9.17) is 0 Å². The first-order valence-corrected chi connectivity index (χ1v) is 4.35. The van der Waals surface area contributed by atoms with Crippen LogP contribution in [0.2, 0.25) is 0 Å². The highest BCUT2D eigenvalue weighted by Gasteiger charge is 2.15. The summed E-state index contributed by atoms with van der Waals surface area (Å²) in [5.41, 5.74) is 3.93. The van der Waals surface area contributed by atoms with Crippen LogP contribution in [0.1, 0.15) is 37.6 Å². The van der Waals surface area contributed by atoms with Gasteiger partial charge in [-0.1, -0.05) is 20.8 Å². The van der Waals surface area contributed by atoms with Crippen molar-refractivity contribution in [2.45, 2.75) is 40.0 Å². The predicted molar refractivity (Wildman–Crippen MR) is 52.4 cm³/mol. The Morgan fingerprint density at radius 3 is 2.08 bits per heavy atom. The molecule has 1 heteroatoms. The topological polar surface area (TPSA) is 12.9 Å². The van der Waals surface area contributed by atoms with Crippen LogP contribution in [0, 0.1) is 13.8 Å².